The monoisotopic (exact) mass is 210 g/mol. The molecule has 1 aliphatic rings. The van der Waals surface area contributed by atoms with Gasteiger partial charge in [0, 0.05) is 20.1 Å². The summed E-state index contributed by atoms with van der Waals surface area (Å²) in [6.07, 6.45) is -2.25. The standard InChI is InChI=1S/C9H17F3N2/c1-14(2)13-8-5-3-7(4-6-8)9(10,11)12/h7-8,13H,3-6H2,1-2H3. The van der Waals surface area contributed by atoms with Crippen molar-refractivity contribution < 1.29 is 13.2 Å². The van der Waals surface area contributed by atoms with E-state index in [9.17, 15) is 13.2 Å². The first kappa shape index (κ1) is 11.8. The van der Waals surface area contributed by atoms with E-state index in [0.717, 1.165) is 0 Å². The fraction of sp³-hybridized carbons (Fsp3) is 1.00. The van der Waals surface area contributed by atoms with E-state index in [1.54, 1.807) is 5.01 Å². The van der Waals surface area contributed by atoms with Crippen LogP contribution in [0.25, 0.3) is 0 Å². The van der Waals surface area contributed by atoms with E-state index >= 15 is 0 Å². The lowest BCUT2D eigenvalue weighted by Crippen LogP contribution is -2.43. The van der Waals surface area contributed by atoms with Crippen LogP contribution in [0.15, 0.2) is 0 Å². The Morgan fingerprint density at radius 2 is 1.57 bits per heavy atom. The molecule has 0 atom stereocenters. The molecule has 1 saturated carbocycles. The van der Waals surface area contributed by atoms with Crippen molar-refractivity contribution in [3.05, 3.63) is 0 Å². The topological polar surface area (TPSA) is 15.3 Å². The molecule has 2 nitrogen and oxygen atoms in total. The first-order chi connectivity index (χ1) is 6.39. The van der Waals surface area contributed by atoms with Crippen molar-refractivity contribution in [3.63, 3.8) is 0 Å². The van der Waals surface area contributed by atoms with Crippen LogP contribution in [0.4, 0.5) is 13.2 Å². The SMILES string of the molecule is CN(C)NC1CCC(C(F)(F)F)CC1. The first-order valence-electron chi connectivity index (χ1n) is 4.90. The van der Waals surface area contributed by atoms with Crippen molar-refractivity contribution in [2.24, 2.45) is 5.92 Å². The number of rotatable bonds is 2. The molecule has 0 aromatic rings. The lowest BCUT2D eigenvalue weighted by Gasteiger charge is -2.31. The highest BCUT2D eigenvalue weighted by Gasteiger charge is 2.41. The lowest BCUT2D eigenvalue weighted by molar-refractivity contribution is -0.183. The molecule has 0 saturated heterocycles. The van der Waals surface area contributed by atoms with Crippen LogP contribution in [0.1, 0.15) is 25.7 Å². The summed E-state index contributed by atoms with van der Waals surface area (Å²) >= 11 is 0. The van der Waals surface area contributed by atoms with Gasteiger partial charge >= 0.3 is 6.18 Å². The fourth-order valence-corrected chi connectivity index (χ4v) is 1.91. The maximum Gasteiger partial charge on any atom is 0.391 e. The van der Waals surface area contributed by atoms with Crippen molar-refractivity contribution in [2.45, 2.75) is 37.9 Å². The summed E-state index contributed by atoms with van der Waals surface area (Å²) in [5, 5.41) is 1.80. The van der Waals surface area contributed by atoms with Gasteiger partial charge in [0.05, 0.1) is 5.92 Å². The minimum absolute atomic E-state index is 0.212. The molecule has 0 radical (unpaired) electrons. The molecule has 0 amide bonds. The van der Waals surface area contributed by atoms with Crippen LogP contribution in [0.3, 0.4) is 0 Å². The number of nitrogens with one attached hydrogen (secondary N) is 1. The smallest absolute Gasteiger partial charge is 0.253 e. The van der Waals surface area contributed by atoms with Gasteiger partial charge in [0.25, 0.3) is 0 Å². The molecule has 1 aliphatic carbocycles. The van der Waals surface area contributed by atoms with Crippen LogP contribution in [-0.4, -0.2) is 31.3 Å². The molecule has 0 spiro atoms. The van der Waals surface area contributed by atoms with Crippen LogP contribution in [-0.2, 0) is 0 Å². The van der Waals surface area contributed by atoms with E-state index in [1.165, 1.54) is 0 Å². The number of hydrazine groups is 1. The molecule has 84 valence electrons. The lowest BCUT2D eigenvalue weighted by atomic mass is 9.86. The third-order valence-corrected chi connectivity index (χ3v) is 2.63. The Hall–Kier alpha value is -0.290. The van der Waals surface area contributed by atoms with Gasteiger partial charge in [-0.15, -0.1) is 0 Å². The number of alkyl halides is 3. The summed E-state index contributed by atoms with van der Waals surface area (Å²) in [4.78, 5) is 0. The van der Waals surface area contributed by atoms with E-state index in [1.807, 2.05) is 14.1 Å². The molecule has 1 fully saturated rings. The quantitative estimate of drug-likeness (QED) is 0.703. The molecule has 0 aromatic heterocycles. The molecule has 5 heteroatoms. The molecule has 14 heavy (non-hydrogen) atoms. The van der Waals surface area contributed by atoms with Crippen molar-refractivity contribution in [2.75, 3.05) is 14.1 Å². The predicted octanol–water partition coefficient (Wildman–Crippen LogP) is 2.17. The number of hydrogen-bond donors (Lipinski definition) is 1. The van der Waals surface area contributed by atoms with Crippen LogP contribution in [0, 0.1) is 5.92 Å². The molecular formula is C9H17F3N2. The van der Waals surface area contributed by atoms with E-state index < -0.39 is 12.1 Å². The van der Waals surface area contributed by atoms with Crippen molar-refractivity contribution in [3.8, 4) is 0 Å². The van der Waals surface area contributed by atoms with Gasteiger partial charge in [-0.05, 0) is 25.7 Å². The predicted molar refractivity (Wildman–Crippen MR) is 48.6 cm³/mol. The maximum absolute atomic E-state index is 12.3. The highest BCUT2D eigenvalue weighted by atomic mass is 19.4. The largest absolute Gasteiger partial charge is 0.391 e. The number of nitrogens with zero attached hydrogens (tertiary/aromatic N) is 1. The summed E-state index contributed by atoms with van der Waals surface area (Å²) < 4.78 is 36.9. The number of hydrogen-bond acceptors (Lipinski definition) is 2. The molecule has 1 N–H and O–H groups in total. The summed E-state index contributed by atoms with van der Waals surface area (Å²) in [6.45, 7) is 0. The summed E-state index contributed by atoms with van der Waals surface area (Å²) in [5.41, 5.74) is 3.12. The zero-order chi connectivity index (χ0) is 10.8. The van der Waals surface area contributed by atoms with E-state index in [0.29, 0.717) is 12.8 Å². The van der Waals surface area contributed by atoms with Crippen molar-refractivity contribution in [1.82, 2.24) is 10.4 Å². The normalized spacial score (nSPS) is 29.6. The Morgan fingerprint density at radius 3 is 1.93 bits per heavy atom. The highest BCUT2D eigenvalue weighted by molar-refractivity contribution is 4.79. The zero-order valence-electron chi connectivity index (χ0n) is 8.56. The van der Waals surface area contributed by atoms with Crippen LogP contribution in [0.2, 0.25) is 0 Å². The van der Waals surface area contributed by atoms with Gasteiger partial charge in [-0.2, -0.15) is 13.2 Å². The zero-order valence-corrected chi connectivity index (χ0v) is 8.56. The molecule has 0 aliphatic heterocycles. The Bertz CT molecular complexity index is 171. The maximum atomic E-state index is 12.3. The average Bonchev–Trinajstić information content (AvgIpc) is 2.02. The summed E-state index contributed by atoms with van der Waals surface area (Å²) in [7, 11) is 3.71. The van der Waals surface area contributed by atoms with Gasteiger partial charge in [0.2, 0.25) is 0 Å². The van der Waals surface area contributed by atoms with Crippen LogP contribution in [0.5, 0.6) is 0 Å². The second kappa shape index (κ2) is 4.49. The van der Waals surface area contributed by atoms with Crippen LogP contribution >= 0.6 is 0 Å². The Kier molecular flexibility index (Phi) is 3.78. The minimum atomic E-state index is -4.00. The van der Waals surface area contributed by atoms with Gasteiger partial charge < -0.3 is 0 Å². The van der Waals surface area contributed by atoms with E-state index in [-0.39, 0.29) is 18.9 Å². The molecule has 1 rings (SSSR count). The molecule has 0 bridgehead atoms. The van der Waals surface area contributed by atoms with Gasteiger partial charge in [0.1, 0.15) is 0 Å². The van der Waals surface area contributed by atoms with E-state index in [2.05, 4.69) is 5.43 Å². The Balaban J connectivity index is 2.31. The minimum Gasteiger partial charge on any atom is -0.253 e. The molecule has 0 unspecified atom stereocenters. The van der Waals surface area contributed by atoms with Gasteiger partial charge in [-0.1, -0.05) is 0 Å². The highest BCUT2D eigenvalue weighted by Crippen LogP contribution is 2.37. The Labute approximate surface area is 82.4 Å². The summed E-state index contributed by atoms with van der Waals surface area (Å²) in [5.74, 6) is -1.08. The van der Waals surface area contributed by atoms with Crippen LogP contribution < -0.4 is 5.43 Å². The third kappa shape index (κ3) is 3.46. The molecular weight excluding hydrogens is 193 g/mol. The first-order valence-corrected chi connectivity index (χ1v) is 4.90. The van der Waals surface area contributed by atoms with E-state index in [4.69, 9.17) is 0 Å². The van der Waals surface area contributed by atoms with Gasteiger partial charge in [-0.25, -0.2) is 0 Å². The molecule has 0 aromatic carbocycles. The second-order valence-electron chi connectivity index (χ2n) is 4.11. The van der Waals surface area contributed by atoms with Gasteiger partial charge in [-0.3, -0.25) is 10.4 Å². The fourth-order valence-electron chi connectivity index (χ4n) is 1.91. The Morgan fingerprint density at radius 1 is 1.07 bits per heavy atom. The molecule has 0 heterocycles. The van der Waals surface area contributed by atoms with Gasteiger partial charge in [0.15, 0.2) is 0 Å². The van der Waals surface area contributed by atoms with Crippen molar-refractivity contribution >= 4 is 0 Å². The average molecular weight is 210 g/mol. The third-order valence-electron chi connectivity index (χ3n) is 2.63. The number of halogens is 3. The van der Waals surface area contributed by atoms with Crippen molar-refractivity contribution in [1.29, 1.82) is 0 Å². The summed E-state index contributed by atoms with van der Waals surface area (Å²) in [6, 6.07) is 0.212. The second-order valence-corrected chi connectivity index (χ2v) is 4.11.